The van der Waals surface area contributed by atoms with Gasteiger partial charge in [0.1, 0.15) is 5.01 Å². The van der Waals surface area contributed by atoms with Gasteiger partial charge < -0.3 is 9.80 Å². The minimum atomic E-state index is 0.203. The lowest BCUT2D eigenvalue weighted by Gasteiger charge is -2.38. The van der Waals surface area contributed by atoms with E-state index in [0.29, 0.717) is 12.5 Å². The van der Waals surface area contributed by atoms with Crippen LogP contribution in [0.4, 0.5) is 10.8 Å². The van der Waals surface area contributed by atoms with Gasteiger partial charge in [0.2, 0.25) is 11.0 Å². The molecule has 0 radical (unpaired) electrons. The Kier molecular flexibility index (Phi) is 2.91. The largest absolute Gasteiger partial charge is 0.342 e. The molecular weight excluding hydrogens is 288 g/mol. The molecule has 2 saturated heterocycles. The first kappa shape index (κ1) is 12.8. The van der Waals surface area contributed by atoms with Gasteiger partial charge in [-0.15, -0.1) is 10.2 Å². The molecule has 0 N–H and O–H groups in total. The summed E-state index contributed by atoms with van der Waals surface area (Å²) >= 11 is 1.62. The summed E-state index contributed by atoms with van der Waals surface area (Å²) in [6.07, 6.45) is 5.37. The van der Waals surface area contributed by atoms with Crippen molar-refractivity contribution >= 4 is 28.1 Å². The molecule has 7 nitrogen and oxygen atoms in total. The highest BCUT2D eigenvalue weighted by Crippen LogP contribution is 2.30. The minimum Gasteiger partial charge on any atom is -0.342 e. The van der Waals surface area contributed by atoms with Crippen LogP contribution in [0.3, 0.4) is 0 Å². The first-order chi connectivity index (χ1) is 10.2. The number of aromatic nitrogens is 4. The average Bonchev–Trinajstić information content (AvgIpc) is 3.10. The maximum atomic E-state index is 11.7. The minimum absolute atomic E-state index is 0.203. The first-order valence-corrected chi connectivity index (χ1v) is 7.92. The zero-order chi connectivity index (χ0) is 14.4. The highest BCUT2D eigenvalue weighted by molar-refractivity contribution is 7.15. The molecule has 0 bridgehead atoms. The Morgan fingerprint density at radius 2 is 2.19 bits per heavy atom. The molecule has 2 aliphatic rings. The van der Waals surface area contributed by atoms with Crippen LogP contribution in [-0.2, 0) is 4.79 Å². The van der Waals surface area contributed by atoms with Crippen LogP contribution in [0, 0.1) is 6.92 Å². The van der Waals surface area contributed by atoms with Crippen LogP contribution in [0.25, 0.3) is 0 Å². The van der Waals surface area contributed by atoms with Gasteiger partial charge in [-0.3, -0.25) is 9.48 Å². The third-order valence-corrected chi connectivity index (χ3v) is 4.89. The van der Waals surface area contributed by atoms with E-state index in [1.807, 2.05) is 22.7 Å². The van der Waals surface area contributed by atoms with Crippen molar-refractivity contribution in [2.45, 2.75) is 25.8 Å². The van der Waals surface area contributed by atoms with Gasteiger partial charge in [-0.05, 0) is 13.3 Å². The molecule has 8 heteroatoms. The van der Waals surface area contributed by atoms with Crippen molar-refractivity contribution in [3.05, 3.63) is 17.4 Å². The van der Waals surface area contributed by atoms with Gasteiger partial charge in [-0.25, -0.2) is 0 Å². The average molecular weight is 304 g/mol. The SMILES string of the molecule is Cc1nnc(N2CC(n3cc(N4CCCC4=O)cn3)C2)s1. The van der Waals surface area contributed by atoms with E-state index in [9.17, 15) is 4.79 Å². The molecule has 2 aliphatic heterocycles. The first-order valence-electron chi connectivity index (χ1n) is 7.10. The fourth-order valence-corrected chi connectivity index (χ4v) is 3.49. The maximum Gasteiger partial charge on any atom is 0.227 e. The summed E-state index contributed by atoms with van der Waals surface area (Å²) in [5.74, 6) is 0.203. The number of aryl methyl sites for hydroxylation is 1. The standard InChI is InChI=1S/C13H16N6OS/c1-9-15-16-13(21-9)17-6-11(7-17)19-8-10(5-14-19)18-4-2-3-12(18)20/h5,8,11H,2-4,6-7H2,1H3. The Morgan fingerprint density at radius 1 is 1.33 bits per heavy atom. The van der Waals surface area contributed by atoms with E-state index in [2.05, 4.69) is 20.2 Å². The highest BCUT2D eigenvalue weighted by Gasteiger charge is 2.32. The Bertz CT molecular complexity index is 674. The molecule has 4 heterocycles. The summed E-state index contributed by atoms with van der Waals surface area (Å²) < 4.78 is 1.96. The molecule has 2 fully saturated rings. The molecule has 2 aromatic rings. The third kappa shape index (κ3) is 2.19. The van der Waals surface area contributed by atoms with E-state index in [1.165, 1.54) is 0 Å². The molecule has 0 saturated carbocycles. The molecule has 0 spiro atoms. The van der Waals surface area contributed by atoms with E-state index in [-0.39, 0.29) is 5.91 Å². The number of carbonyl (C=O) groups excluding carboxylic acids is 1. The number of nitrogens with zero attached hydrogens (tertiary/aromatic N) is 6. The van der Waals surface area contributed by atoms with Crippen molar-refractivity contribution in [2.75, 3.05) is 29.4 Å². The summed E-state index contributed by atoms with van der Waals surface area (Å²) in [5.41, 5.74) is 0.919. The summed E-state index contributed by atoms with van der Waals surface area (Å²) in [6, 6.07) is 0.348. The van der Waals surface area contributed by atoms with Crippen LogP contribution >= 0.6 is 11.3 Å². The molecule has 1 amide bonds. The third-order valence-electron chi connectivity index (χ3n) is 4.00. The van der Waals surface area contributed by atoms with Crippen LogP contribution < -0.4 is 9.80 Å². The fourth-order valence-electron chi connectivity index (χ4n) is 2.78. The predicted octanol–water partition coefficient (Wildman–Crippen LogP) is 1.23. The molecular formula is C13H16N6OS. The number of carbonyl (C=O) groups is 1. The van der Waals surface area contributed by atoms with Crippen LogP contribution in [0.1, 0.15) is 23.9 Å². The van der Waals surface area contributed by atoms with E-state index < -0.39 is 0 Å². The maximum absolute atomic E-state index is 11.7. The van der Waals surface area contributed by atoms with Gasteiger partial charge in [0, 0.05) is 32.3 Å². The molecule has 0 atom stereocenters. The molecule has 2 aromatic heterocycles. The second kappa shape index (κ2) is 4.80. The Balaban J connectivity index is 1.42. The van der Waals surface area contributed by atoms with Gasteiger partial charge >= 0.3 is 0 Å². The molecule has 0 aliphatic carbocycles. The van der Waals surface area contributed by atoms with Crippen molar-refractivity contribution in [3.8, 4) is 0 Å². The van der Waals surface area contributed by atoms with Crippen LogP contribution in [0.2, 0.25) is 0 Å². The monoisotopic (exact) mass is 304 g/mol. The molecule has 21 heavy (non-hydrogen) atoms. The number of amides is 1. The highest BCUT2D eigenvalue weighted by atomic mass is 32.1. The summed E-state index contributed by atoms with van der Waals surface area (Å²) in [5, 5.41) is 14.6. The Hall–Kier alpha value is -1.96. The van der Waals surface area contributed by atoms with Crippen molar-refractivity contribution in [3.63, 3.8) is 0 Å². The summed E-state index contributed by atoms with van der Waals surface area (Å²) in [6.45, 7) is 4.56. The quantitative estimate of drug-likeness (QED) is 0.853. The van der Waals surface area contributed by atoms with Gasteiger partial charge in [0.25, 0.3) is 0 Å². The second-order valence-electron chi connectivity index (χ2n) is 5.49. The smallest absolute Gasteiger partial charge is 0.227 e. The second-order valence-corrected chi connectivity index (χ2v) is 6.65. The molecule has 0 unspecified atom stereocenters. The van der Waals surface area contributed by atoms with E-state index in [0.717, 1.165) is 41.9 Å². The van der Waals surface area contributed by atoms with E-state index in [1.54, 1.807) is 17.5 Å². The van der Waals surface area contributed by atoms with Crippen molar-refractivity contribution < 1.29 is 4.79 Å². The lowest BCUT2D eigenvalue weighted by atomic mass is 10.1. The predicted molar refractivity (Wildman–Crippen MR) is 79.7 cm³/mol. The van der Waals surface area contributed by atoms with Gasteiger partial charge in [-0.2, -0.15) is 5.10 Å². The van der Waals surface area contributed by atoms with Gasteiger partial charge in [-0.1, -0.05) is 11.3 Å². The molecule has 4 rings (SSSR count). The number of anilines is 2. The number of hydrogen-bond donors (Lipinski definition) is 0. The summed E-state index contributed by atoms with van der Waals surface area (Å²) in [7, 11) is 0. The van der Waals surface area contributed by atoms with Crippen molar-refractivity contribution in [1.29, 1.82) is 0 Å². The topological polar surface area (TPSA) is 67.2 Å². The zero-order valence-corrected chi connectivity index (χ0v) is 12.6. The Morgan fingerprint density at radius 3 is 2.86 bits per heavy atom. The van der Waals surface area contributed by atoms with Crippen molar-refractivity contribution in [2.24, 2.45) is 0 Å². The van der Waals surface area contributed by atoms with Crippen LogP contribution in [0.5, 0.6) is 0 Å². The molecule has 0 aromatic carbocycles. The van der Waals surface area contributed by atoms with Crippen LogP contribution in [-0.4, -0.2) is 45.5 Å². The lowest BCUT2D eigenvalue weighted by molar-refractivity contribution is -0.117. The zero-order valence-electron chi connectivity index (χ0n) is 11.8. The van der Waals surface area contributed by atoms with Crippen molar-refractivity contribution in [1.82, 2.24) is 20.0 Å². The van der Waals surface area contributed by atoms with Gasteiger partial charge in [0.15, 0.2) is 0 Å². The van der Waals surface area contributed by atoms with Crippen LogP contribution in [0.15, 0.2) is 12.4 Å². The Labute approximate surface area is 126 Å². The number of rotatable bonds is 3. The van der Waals surface area contributed by atoms with Gasteiger partial charge in [0.05, 0.1) is 17.9 Å². The fraction of sp³-hybridized carbons (Fsp3) is 0.538. The lowest BCUT2D eigenvalue weighted by Crippen LogP contribution is -2.48. The van der Waals surface area contributed by atoms with E-state index in [4.69, 9.17) is 0 Å². The number of hydrogen-bond acceptors (Lipinski definition) is 6. The molecule has 110 valence electrons. The summed E-state index contributed by atoms with van der Waals surface area (Å²) in [4.78, 5) is 15.8. The van der Waals surface area contributed by atoms with E-state index >= 15 is 0 Å². The normalized spacial score (nSPS) is 19.4.